The van der Waals surface area contributed by atoms with E-state index in [2.05, 4.69) is 15.6 Å². The Hall–Kier alpha value is -3.07. The highest BCUT2D eigenvalue weighted by Gasteiger charge is 2.39. The van der Waals surface area contributed by atoms with Crippen molar-refractivity contribution in [2.24, 2.45) is 5.92 Å². The number of carboxylic acid groups (broad SMARTS) is 1. The quantitative estimate of drug-likeness (QED) is 0.287. The van der Waals surface area contributed by atoms with Gasteiger partial charge in [-0.2, -0.15) is 17.9 Å². The van der Waals surface area contributed by atoms with Crippen LogP contribution >= 0.6 is 11.3 Å². The van der Waals surface area contributed by atoms with Crippen LogP contribution < -0.4 is 15.4 Å². The molecule has 1 aromatic heterocycles. The van der Waals surface area contributed by atoms with E-state index in [0.29, 0.717) is 40.4 Å². The number of carbonyl (C=O) groups is 2. The van der Waals surface area contributed by atoms with E-state index in [1.165, 1.54) is 12.1 Å². The molecule has 2 heterocycles. The molecule has 5 rings (SSSR count). The maximum absolute atomic E-state index is 13.2. The molecule has 0 spiro atoms. The average molecular weight is 611 g/mol. The van der Waals surface area contributed by atoms with Crippen LogP contribution in [0.15, 0.2) is 41.3 Å². The third-order valence-corrected chi connectivity index (χ3v) is 10.3. The molecule has 41 heavy (non-hydrogen) atoms. The minimum absolute atomic E-state index is 0.203. The summed E-state index contributed by atoms with van der Waals surface area (Å²) in [6, 6.07) is 6.00. The van der Waals surface area contributed by atoms with Gasteiger partial charge in [0.2, 0.25) is 10.0 Å². The summed E-state index contributed by atoms with van der Waals surface area (Å²) >= 11 is 1.16. The Labute approximate surface area is 238 Å². The first kappa shape index (κ1) is 29.4. The highest BCUT2D eigenvalue weighted by Crippen LogP contribution is 2.40. The summed E-state index contributed by atoms with van der Waals surface area (Å²) in [6.45, 7) is 1.06. The number of carbonyl (C=O) groups excluding carboxylic acids is 1. The van der Waals surface area contributed by atoms with Gasteiger partial charge in [-0.15, -0.1) is 11.3 Å². The van der Waals surface area contributed by atoms with E-state index < -0.39 is 40.2 Å². The van der Waals surface area contributed by atoms with E-state index >= 15 is 0 Å². The maximum Gasteiger partial charge on any atom is 0.404 e. The number of carboxylic acids is 1. The second kappa shape index (κ2) is 11.3. The topological polar surface area (TPSA) is 137 Å². The Kier molecular flexibility index (Phi) is 8.12. The first-order valence-corrected chi connectivity index (χ1v) is 15.5. The van der Waals surface area contributed by atoms with Crippen molar-refractivity contribution in [3.05, 3.63) is 47.1 Å². The third-order valence-electron chi connectivity index (χ3n) is 7.60. The monoisotopic (exact) mass is 610 g/mol. The molecule has 4 N–H and O–H groups in total. The maximum atomic E-state index is 13.2. The first-order valence-electron chi connectivity index (χ1n) is 13.2. The van der Waals surface area contributed by atoms with Crippen LogP contribution in [0.5, 0.6) is 0 Å². The van der Waals surface area contributed by atoms with Crippen molar-refractivity contribution in [3.63, 3.8) is 0 Å². The van der Waals surface area contributed by atoms with Crippen molar-refractivity contribution < 1.29 is 36.3 Å². The van der Waals surface area contributed by atoms with Crippen LogP contribution in [0.3, 0.4) is 0 Å². The highest BCUT2D eigenvalue weighted by atomic mass is 32.2. The molecule has 2 aromatic carbocycles. The van der Waals surface area contributed by atoms with Gasteiger partial charge in [0.1, 0.15) is 12.1 Å². The number of hydrogen-bond donors (Lipinski definition) is 4. The Morgan fingerprint density at radius 1 is 1.17 bits per heavy atom. The van der Waals surface area contributed by atoms with Gasteiger partial charge < -0.3 is 15.7 Å². The molecular formula is C27H29F3N4O5S2. The molecule has 0 bridgehead atoms. The zero-order valence-electron chi connectivity index (χ0n) is 22.0. The van der Waals surface area contributed by atoms with Crippen molar-refractivity contribution in [2.45, 2.75) is 68.2 Å². The normalized spacial score (nSPS) is 20.6. The summed E-state index contributed by atoms with van der Waals surface area (Å²) in [5.41, 5.74) is 1.32. The van der Waals surface area contributed by atoms with Gasteiger partial charge in [-0.25, -0.2) is 13.4 Å². The molecule has 220 valence electrons. The van der Waals surface area contributed by atoms with Gasteiger partial charge in [0, 0.05) is 23.5 Å². The summed E-state index contributed by atoms with van der Waals surface area (Å²) in [5, 5.41) is 15.9. The number of amides is 1. The molecule has 1 saturated carbocycles. The summed E-state index contributed by atoms with van der Waals surface area (Å²) < 4.78 is 67.2. The van der Waals surface area contributed by atoms with Gasteiger partial charge in [-0.3, -0.25) is 9.59 Å². The number of aromatic nitrogens is 1. The molecule has 14 heteroatoms. The number of sulfonamides is 1. The lowest BCUT2D eigenvalue weighted by Gasteiger charge is -2.24. The van der Waals surface area contributed by atoms with E-state index in [1.54, 1.807) is 29.0 Å². The van der Waals surface area contributed by atoms with E-state index in [4.69, 9.17) is 0 Å². The lowest BCUT2D eigenvalue weighted by Crippen LogP contribution is -2.43. The standard InChI is InChI=1S/C27H29F3N4O5S2/c1-14(27(28,29)30)34-41(38,39)22-10-9-19(17-7-2-3-8-18(17)22)23-20(11-15-5-4-6-15)33-25(40-23)24(35)32-16-12-21(26(36)37)31-13-16/h2-3,7-10,14-16,21,31,34H,4-6,11-13H2,1H3,(H,32,35)(H,36,37)/t14-,16-,21-/m0/s1. The van der Waals surface area contributed by atoms with Gasteiger partial charge in [0.25, 0.3) is 5.91 Å². The van der Waals surface area contributed by atoms with Crippen molar-refractivity contribution in [1.82, 2.24) is 20.3 Å². The SMILES string of the molecule is C[C@H](NS(=O)(=O)c1ccc(-c2sc(C(=O)N[C@@H]3CN[C@H](C(=O)O)C3)nc2CC2CCC2)c2ccccc12)C(F)(F)F. The Bertz CT molecular complexity index is 1590. The Morgan fingerprint density at radius 2 is 1.88 bits per heavy atom. The van der Waals surface area contributed by atoms with Gasteiger partial charge >= 0.3 is 12.1 Å². The fourth-order valence-electron chi connectivity index (χ4n) is 5.12. The second-order valence-electron chi connectivity index (χ2n) is 10.5. The molecule has 1 saturated heterocycles. The number of nitrogens with zero attached hydrogens (tertiary/aromatic N) is 1. The molecule has 1 aliphatic heterocycles. The van der Waals surface area contributed by atoms with E-state index in [-0.39, 0.29) is 27.8 Å². The number of aliphatic carboxylic acids is 1. The van der Waals surface area contributed by atoms with Crippen LogP contribution in [0.1, 0.15) is 48.1 Å². The van der Waals surface area contributed by atoms with Gasteiger partial charge in [0.15, 0.2) is 5.01 Å². The predicted molar refractivity (Wildman–Crippen MR) is 147 cm³/mol. The van der Waals surface area contributed by atoms with Gasteiger partial charge in [-0.1, -0.05) is 49.6 Å². The van der Waals surface area contributed by atoms with Crippen LogP contribution in [0.25, 0.3) is 21.2 Å². The third kappa shape index (κ3) is 6.25. The summed E-state index contributed by atoms with van der Waals surface area (Å²) in [5.74, 6) is -1.01. The fraction of sp³-hybridized carbons (Fsp3) is 0.444. The molecule has 2 fully saturated rings. The number of alkyl halides is 3. The molecule has 1 aliphatic carbocycles. The fourth-order valence-corrected chi connectivity index (χ4v) is 7.59. The minimum atomic E-state index is -4.75. The lowest BCUT2D eigenvalue weighted by atomic mass is 9.81. The predicted octanol–water partition coefficient (Wildman–Crippen LogP) is 4.08. The van der Waals surface area contributed by atoms with E-state index in [0.717, 1.165) is 37.5 Å². The largest absolute Gasteiger partial charge is 0.480 e. The number of thiazole rings is 1. The first-order chi connectivity index (χ1) is 19.3. The molecule has 2 aliphatic rings. The zero-order valence-corrected chi connectivity index (χ0v) is 23.6. The lowest BCUT2D eigenvalue weighted by molar-refractivity contribution is -0.147. The van der Waals surface area contributed by atoms with Crippen molar-refractivity contribution in [3.8, 4) is 10.4 Å². The molecule has 3 atom stereocenters. The zero-order chi connectivity index (χ0) is 29.5. The van der Waals surface area contributed by atoms with E-state index in [1.807, 2.05) is 0 Å². The van der Waals surface area contributed by atoms with Crippen LogP contribution in [0, 0.1) is 5.92 Å². The molecule has 0 unspecified atom stereocenters. The number of hydrogen-bond acceptors (Lipinski definition) is 7. The molecule has 9 nitrogen and oxygen atoms in total. The van der Waals surface area contributed by atoms with Gasteiger partial charge in [-0.05, 0) is 37.1 Å². The van der Waals surface area contributed by atoms with Crippen LogP contribution in [0.2, 0.25) is 0 Å². The smallest absolute Gasteiger partial charge is 0.404 e. The number of nitrogens with one attached hydrogen (secondary N) is 3. The Morgan fingerprint density at radius 3 is 2.49 bits per heavy atom. The minimum Gasteiger partial charge on any atom is -0.480 e. The highest BCUT2D eigenvalue weighted by molar-refractivity contribution is 7.89. The number of benzene rings is 2. The summed E-state index contributed by atoms with van der Waals surface area (Å²) in [4.78, 5) is 29.5. The van der Waals surface area contributed by atoms with Crippen molar-refractivity contribution in [1.29, 1.82) is 0 Å². The molecule has 1 amide bonds. The van der Waals surface area contributed by atoms with Gasteiger partial charge in [0.05, 0.1) is 15.5 Å². The number of rotatable bonds is 9. The summed E-state index contributed by atoms with van der Waals surface area (Å²) in [6.07, 6.45) is -0.703. The Balaban J connectivity index is 1.51. The number of fused-ring (bicyclic) bond motifs is 1. The molecule has 0 radical (unpaired) electrons. The number of halogens is 3. The van der Waals surface area contributed by atoms with Crippen LogP contribution in [-0.2, 0) is 21.2 Å². The molecule has 3 aromatic rings. The molecular weight excluding hydrogens is 581 g/mol. The van der Waals surface area contributed by atoms with E-state index in [9.17, 15) is 36.3 Å². The summed E-state index contributed by atoms with van der Waals surface area (Å²) in [7, 11) is -4.52. The van der Waals surface area contributed by atoms with Crippen LogP contribution in [-0.4, -0.2) is 61.2 Å². The van der Waals surface area contributed by atoms with Crippen molar-refractivity contribution in [2.75, 3.05) is 6.54 Å². The van der Waals surface area contributed by atoms with Crippen LogP contribution in [0.4, 0.5) is 13.2 Å². The van der Waals surface area contributed by atoms with Crippen molar-refractivity contribution >= 4 is 44.0 Å². The second-order valence-corrected chi connectivity index (χ2v) is 13.2. The average Bonchev–Trinajstić information content (AvgIpc) is 3.52.